The minimum absolute atomic E-state index is 0.00562. The number of halogens is 4. The van der Waals surface area contributed by atoms with E-state index < -0.39 is 18.9 Å². The van der Waals surface area contributed by atoms with E-state index in [4.69, 9.17) is 0 Å². The van der Waals surface area contributed by atoms with Crippen LogP contribution in [-0.2, 0) is 4.79 Å². The third-order valence-corrected chi connectivity index (χ3v) is 5.12. The zero-order valence-electron chi connectivity index (χ0n) is 13.8. The molecule has 1 aliphatic heterocycles. The molecule has 8 heteroatoms. The van der Waals surface area contributed by atoms with Crippen LogP contribution in [0.15, 0.2) is 35.2 Å². The smallest absolute Gasteiger partial charge is 0.319 e. The van der Waals surface area contributed by atoms with Crippen molar-refractivity contribution in [1.29, 1.82) is 0 Å². The molecule has 0 N–H and O–H groups in total. The monoisotopic (exact) mass is 378 g/mol. The highest BCUT2D eigenvalue weighted by Gasteiger charge is 2.42. The highest BCUT2D eigenvalue weighted by molar-refractivity contribution is 7.99. The molecule has 1 heterocycles. The van der Waals surface area contributed by atoms with Crippen LogP contribution >= 0.6 is 11.8 Å². The summed E-state index contributed by atoms with van der Waals surface area (Å²) in [6.07, 6.45) is -2.51. The van der Waals surface area contributed by atoms with E-state index in [1.165, 1.54) is 4.90 Å². The Labute approximate surface area is 149 Å². The maximum Gasteiger partial charge on any atom is 0.319 e. The highest BCUT2D eigenvalue weighted by atomic mass is 32.2. The molecule has 0 spiro atoms. The Morgan fingerprint density at radius 2 is 1.76 bits per heavy atom. The maximum absolute atomic E-state index is 13.1. The molecule has 0 saturated carbocycles. The topological polar surface area (TPSA) is 23.6 Å². The van der Waals surface area contributed by atoms with Gasteiger partial charge < -0.3 is 4.90 Å². The zero-order valence-corrected chi connectivity index (χ0v) is 14.7. The summed E-state index contributed by atoms with van der Waals surface area (Å²) in [5.74, 6) is -3.18. The molecule has 0 aromatic heterocycles. The first kappa shape index (κ1) is 20.0. The van der Waals surface area contributed by atoms with Crippen LogP contribution in [0.3, 0.4) is 0 Å². The molecule has 0 atom stereocenters. The predicted molar refractivity (Wildman–Crippen MR) is 90.4 cm³/mol. The van der Waals surface area contributed by atoms with E-state index in [1.807, 2.05) is 30.3 Å². The van der Waals surface area contributed by atoms with Crippen LogP contribution in [-0.4, -0.2) is 66.5 Å². The molecule has 1 saturated heterocycles. The van der Waals surface area contributed by atoms with Crippen LogP contribution in [0.1, 0.15) is 12.8 Å². The molecule has 1 aromatic rings. The standard InChI is InChI=1S/C17H22F4N2OS/c18-16(19)17(20,21)13-22-8-10-23(11-9-22)15(24)7-4-12-25-14-5-2-1-3-6-14/h1-3,5-6,16H,4,7-13H2. The van der Waals surface area contributed by atoms with Crippen molar-refractivity contribution < 1.29 is 22.4 Å². The van der Waals surface area contributed by atoms with Crippen LogP contribution in [0, 0.1) is 0 Å². The number of benzene rings is 1. The molecule has 1 amide bonds. The van der Waals surface area contributed by atoms with Crippen LogP contribution < -0.4 is 0 Å². The van der Waals surface area contributed by atoms with Crippen LogP contribution in [0.4, 0.5) is 17.6 Å². The van der Waals surface area contributed by atoms with Crippen molar-refractivity contribution in [3.8, 4) is 0 Å². The number of hydrogen-bond acceptors (Lipinski definition) is 3. The van der Waals surface area contributed by atoms with Gasteiger partial charge in [0.1, 0.15) is 0 Å². The lowest BCUT2D eigenvalue weighted by Crippen LogP contribution is -2.52. The molecular formula is C17H22F4N2OS. The first-order valence-corrected chi connectivity index (χ1v) is 9.21. The highest BCUT2D eigenvalue weighted by Crippen LogP contribution is 2.24. The summed E-state index contributed by atoms with van der Waals surface area (Å²) >= 11 is 1.69. The van der Waals surface area contributed by atoms with Crippen molar-refractivity contribution in [2.75, 3.05) is 38.5 Å². The Morgan fingerprint density at radius 3 is 2.36 bits per heavy atom. The Hall–Kier alpha value is -1.28. The van der Waals surface area contributed by atoms with Crippen LogP contribution in [0.2, 0.25) is 0 Å². The first-order valence-electron chi connectivity index (χ1n) is 8.22. The number of amides is 1. The number of alkyl halides is 4. The molecule has 2 rings (SSSR count). The Balaban J connectivity index is 1.64. The fourth-order valence-electron chi connectivity index (χ4n) is 2.61. The summed E-state index contributed by atoms with van der Waals surface area (Å²) in [7, 11) is 0. The van der Waals surface area contributed by atoms with Gasteiger partial charge >= 0.3 is 12.3 Å². The van der Waals surface area contributed by atoms with Gasteiger partial charge in [-0.15, -0.1) is 11.8 Å². The van der Waals surface area contributed by atoms with Gasteiger partial charge in [0.15, 0.2) is 0 Å². The normalized spacial score (nSPS) is 16.4. The molecule has 1 aromatic carbocycles. The molecule has 1 fully saturated rings. The van der Waals surface area contributed by atoms with Crippen LogP contribution in [0.5, 0.6) is 0 Å². The van der Waals surface area contributed by atoms with Gasteiger partial charge in [-0.25, -0.2) is 8.78 Å². The van der Waals surface area contributed by atoms with Crippen molar-refractivity contribution in [2.24, 2.45) is 0 Å². The lowest BCUT2D eigenvalue weighted by atomic mass is 10.2. The fraction of sp³-hybridized carbons (Fsp3) is 0.588. The van der Waals surface area contributed by atoms with Crippen molar-refractivity contribution in [2.45, 2.75) is 30.1 Å². The number of carbonyl (C=O) groups excluding carboxylic acids is 1. The second-order valence-corrected chi connectivity index (χ2v) is 7.15. The maximum atomic E-state index is 13.1. The van der Waals surface area contributed by atoms with E-state index in [-0.39, 0.29) is 19.0 Å². The summed E-state index contributed by atoms with van der Waals surface area (Å²) in [5.41, 5.74) is 0. The van der Waals surface area contributed by atoms with Crippen molar-refractivity contribution in [3.63, 3.8) is 0 Å². The van der Waals surface area contributed by atoms with Crippen molar-refractivity contribution in [1.82, 2.24) is 9.80 Å². The SMILES string of the molecule is O=C(CCCSc1ccccc1)N1CCN(CC(F)(F)C(F)F)CC1. The first-order chi connectivity index (χ1) is 11.9. The molecule has 25 heavy (non-hydrogen) atoms. The number of thioether (sulfide) groups is 1. The van der Waals surface area contributed by atoms with E-state index in [0.717, 1.165) is 17.1 Å². The minimum Gasteiger partial charge on any atom is -0.340 e. The quantitative estimate of drug-likeness (QED) is 0.392. The Bertz CT molecular complexity index is 537. The number of nitrogens with zero attached hydrogens (tertiary/aromatic N) is 2. The largest absolute Gasteiger partial charge is 0.340 e. The third kappa shape index (κ3) is 6.51. The summed E-state index contributed by atoms with van der Waals surface area (Å²) in [6.45, 7) is 0.0635. The molecule has 0 unspecified atom stereocenters. The van der Waals surface area contributed by atoms with E-state index >= 15 is 0 Å². The Kier molecular flexibility index (Phi) is 7.56. The lowest BCUT2D eigenvalue weighted by molar-refractivity contribution is -0.148. The molecule has 0 aliphatic carbocycles. The van der Waals surface area contributed by atoms with E-state index in [2.05, 4.69) is 0 Å². The summed E-state index contributed by atoms with van der Waals surface area (Å²) in [6, 6.07) is 9.90. The fourth-order valence-corrected chi connectivity index (χ4v) is 3.48. The second kappa shape index (κ2) is 9.43. The lowest BCUT2D eigenvalue weighted by Gasteiger charge is -2.36. The van der Waals surface area contributed by atoms with Crippen LogP contribution in [0.25, 0.3) is 0 Å². The van der Waals surface area contributed by atoms with Gasteiger partial charge in [0.05, 0.1) is 6.54 Å². The second-order valence-electron chi connectivity index (χ2n) is 5.98. The summed E-state index contributed by atoms with van der Waals surface area (Å²) < 4.78 is 50.6. The Morgan fingerprint density at radius 1 is 1.12 bits per heavy atom. The van der Waals surface area contributed by atoms with E-state index in [0.29, 0.717) is 19.5 Å². The van der Waals surface area contributed by atoms with Gasteiger partial charge in [-0.2, -0.15) is 8.78 Å². The van der Waals surface area contributed by atoms with Gasteiger partial charge in [0.25, 0.3) is 0 Å². The number of piperazine rings is 1. The minimum atomic E-state index is -4.00. The van der Waals surface area contributed by atoms with Gasteiger partial charge in [-0.1, -0.05) is 18.2 Å². The molecule has 3 nitrogen and oxygen atoms in total. The van der Waals surface area contributed by atoms with Gasteiger partial charge in [0, 0.05) is 37.5 Å². The average molecular weight is 378 g/mol. The van der Waals surface area contributed by atoms with Crippen molar-refractivity contribution in [3.05, 3.63) is 30.3 Å². The number of hydrogen-bond donors (Lipinski definition) is 0. The average Bonchev–Trinajstić information content (AvgIpc) is 2.59. The third-order valence-electron chi connectivity index (χ3n) is 4.03. The van der Waals surface area contributed by atoms with Gasteiger partial charge in [-0.3, -0.25) is 9.69 Å². The molecule has 0 radical (unpaired) electrons. The van der Waals surface area contributed by atoms with Gasteiger partial charge in [-0.05, 0) is 24.3 Å². The number of carbonyl (C=O) groups is 1. The molecular weight excluding hydrogens is 356 g/mol. The predicted octanol–water partition coefficient (Wildman–Crippen LogP) is 3.60. The molecule has 1 aliphatic rings. The molecule has 140 valence electrons. The van der Waals surface area contributed by atoms with E-state index in [1.54, 1.807) is 16.7 Å². The van der Waals surface area contributed by atoms with E-state index in [9.17, 15) is 22.4 Å². The molecule has 0 bridgehead atoms. The number of rotatable bonds is 8. The summed E-state index contributed by atoms with van der Waals surface area (Å²) in [4.78, 5) is 16.2. The van der Waals surface area contributed by atoms with Gasteiger partial charge in [0.2, 0.25) is 5.91 Å². The zero-order chi connectivity index (χ0) is 18.3. The summed E-state index contributed by atoms with van der Waals surface area (Å²) in [5, 5.41) is 0. The van der Waals surface area contributed by atoms with Crippen molar-refractivity contribution >= 4 is 17.7 Å².